The molecule has 27 nitrogen and oxygen atoms in total. The number of carboxylic acid groups (broad SMARTS) is 3. The average molecular weight is 1020 g/mol. The van der Waals surface area contributed by atoms with E-state index in [1.165, 1.54) is 0 Å². The van der Waals surface area contributed by atoms with Crippen LogP contribution in [0.2, 0.25) is 0 Å². The van der Waals surface area contributed by atoms with Crippen molar-refractivity contribution in [1.29, 1.82) is 0 Å². The third-order valence-electron chi connectivity index (χ3n) is 10.7. The number of carboxylic acids is 3. The summed E-state index contributed by atoms with van der Waals surface area (Å²) >= 11 is 0. The molecular weight excluding hydrogens is 937 g/mol. The van der Waals surface area contributed by atoms with Crippen molar-refractivity contribution in [3.05, 3.63) is 0 Å². The Morgan fingerprint density at radius 3 is 1.35 bits per heavy atom. The van der Waals surface area contributed by atoms with Gasteiger partial charge in [0.25, 0.3) is 0 Å². The van der Waals surface area contributed by atoms with Crippen molar-refractivity contribution >= 4 is 71.1 Å². The molecule has 404 valence electrons. The van der Waals surface area contributed by atoms with E-state index in [2.05, 4.69) is 42.5 Å². The van der Waals surface area contributed by atoms with Crippen LogP contribution in [-0.4, -0.2) is 154 Å². The lowest BCUT2D eigenvalue weighted by molar-refractivity contribution is -0.142. The number of aliphatic carboxylic acids is 3. The Morgan fingerprint density at radius 1 is 0.465 bits per heavy atom. The highest BCUT2D eigenvalue weighted by atomic mass is 16.4. The highest BCUT2D eigenvalue weighted by Crippen LogP contribution is 2.12. The van der Waals surface area contributed by atoms with Gasteiger partial charge in [-0.05, 0) is 88.6 Å². The standard InChI is InChI=1S/C44H78N12O15/c1-22(2)19-29(41(67)54-30(20-31(48)57)38(64)49-21-32(58)50-28(44(70)71)12-8-10-18-46)53-39(65)26(11-7-9-17-45)51-40(66)27(14-16-34(61)62)52-42(68)35(23(3)4)56-43(69)36(24(5)6)55-37(63)25(47)13-15-33(59)60/h22-30,35-36H,7-21,45-47H2,1-6H3,(H2,48,57)(H,49,64)(H,50,58)(H,51,66)(H,52,68)(H,53,65)(H,54,67)(H,55,63)(H,56,69)(H,59,60)(H,61,62)(H,70,71)/t25-,26-,27-,28-,29-,30-,35-,36-/m0/s1. The summed E-state index contributed by atoms with van der Waals surface area (Å²) in [4.78, 5) is 154. The lowest BCUT2D eigenvalue weighted by Gasteiger charge is -2.29. The fourth-order valence-electron chi connectivity index (χ4n) is 6.76. The van der Waals surface area contributed by atoms with E-state index in [-0.39, 0.29) is 44.6 Å². The summed E-state index contributed by atoms with van der Waals surface area (Å²) in [6.07, 6.45) is -0.988. The molecule has 0 spiro atoms. The fraction of sp³-hybridized carbons (Fsp3) is 0.727. The highest BCUT2D eigenvalue weighted by Gasteiger charge is 2.36. The molecule has 0 aliphatic carbocycles. The molecule has 0 aromatic heterocycles. The zero-order chi connectivity index (χ0) is 54.5. The Hall–Kier alpha value is -6.48. The molecule has 0 unspecified atom stereocenters. The fourth-order valence-corrected chi connectivity index (χ4v) is 6.76. The Balaban J connectivity index is 6.47. The molecule has 0 aromatic carbocycles. The van der Waals surface area contributed by atoms with Gasteiger partial charge in [-0.15, -0.1) is 0 Å². The minimum absolute atomic E-state index is 0.0480. The van der Waals surface area contributed by atoms with Crippen molar-refractivity contribution in [3.63, 3.8) is 0 Å². The zero-order valence-electron chi connectivity index (χ0n) is 41.5. The number of unbranched alkanes of at least 4 members (excludes halogenated alkanes) is 2. The molecule has 0 radical (unpaired) electrons. The quantitative estimate of drug-likeness (QED) is 0.0265. The number of rotatable bonds is 37. The van der Waals surface area contributed by atoms with E-state index in [0.717, 1.165) is 0 Å². The lowest BCUT2D eigenvalue weighted by Crippen LogP contribution is -2.61. The molecule has 8 atom stereocenters. The smallest absolute Gasteiger partial charge is 0.326 e. The predicted molar refractivity (Wildman–Crippen MR) is 255 cm³/mol. The van der Waals surface area contributed by atoms with Gasteiger partial charge in [0, 0.05) is 12.8 Å². The van der Waals surface area contributed by atoms with Crippen LogP contribution in [0.4, 0.5) is 0 Å². The first kappa shape index (κ1) is 64.5. The summed E-state index contributed by atoms with van der Waals surface area (Å²) in [5, 5.41) is 47.4. The lowest BCUT2D eigenvalue weighted by atomic mass is 9.98. The van der Waals surface area contributed by atoms with Gasteiger partial charge in [0.05, 0.1) is 19.0 Å². The number of primary amides is 1. The zero-order valence-corrected chi connectivity index (χ0v) is 41.5. The summed E-state index contributed by atoms with van der Waals surface area (Å²) in [7, 11) is 0. The highest BCUT2D eigenvalue weighted by molar-refractivity contribution is 5.98. The molecule has 0 saturated carbocycles. The predicted octanol–water partition coefficient (Wildman–Crippen LogP) is -3.87. The third-order valence-corrected chi connectivity index (χ3v) is 10.7. The molecule has 0 aliphatic heterocycles. The summed E-state index contributed by atoms with van der Waals surface area (Å²) in [6.45, 7) is 9.51. The van der Waals surface area contributed by atoms with Crippen molar-refractivity contribution in [2.24, 2.45) is 40.7 Å². The van der Waals surface area contributed by atoms with Gasteiger partial charge in [-0.3, -0.25) is 52.7 Å². The summed E-state index contributed by atoms with van der Waals surface area (Å²) in [6, 6.07) is -11.2. The largest absolute Gasteiger partial charge is 0.481 e. The maximum atomic E-state index is 14.0. The van der Waals surface area contributed by atoms with Crippen molar-refractivity contribution < 1.29 is 72.9 Å². The minimum atomic E-state index is -1.67. The van der Waals surface area contributed by atoms with Gasteiger partial charge in [-0.25, -0.2) is 4.79 Å². The summed E-state index contributed by atoms with van der Waals surface area (Å²) in [5.41, 5.74) is 22.3. The molecule has 0 fully saturated rings. The van der Waals surface area contributed by atoms with Gasteiger partial charge in [-0.1, -0.05) is 41.5 Å². The van der Waals surface area contributed by atoms with Crippen molar-refractivity contribution in [1.82, 2.24) is 42.5 Å². The topological polar surface area (TPSA) is 466 Å². The summed E-state index contributed by atoms with van der Waals surface area (Å²) in [5.74, 6) is -13.7. The number of nitrogens with one attached hydrogen (secondary N) is 8. The molecule has 0 aliphatic rings. The van der Waals surface area contributed by atoms with E-state index in [4.69, 9.17) is 28.0 Å². The van der Waals surface area contributed by atoms with Crippen LogP contribution in [0, 0.1) is 17.8 Å². The molecule has 9 amide bonds. The first-order valence-electron chi connectivity index (χ1n) is 23.6. The van der Waals surface area contributed by atoms with Crippen LogP contribution in [0.25, 0.3) is 0 Å². The Bertz CT molecular complexity index is 1830. The molecule has 71 heavy (non-hydrogen) atoms. The van der Waals surface area contributed by atoms with Crippen LogP contribution in [0.5, 0.6) is 0 Å². The molecule has 0 bridgehead atoms. The number of amides is 9. The molecule has 27 heteroatoms. The van der Waals surface area contributed by atoms with Crippen LogP contribution in [0.3, 0.4) is 0 Å². The summed E-state index contributed by atoms with van der Waals surface area (Å²) < 4.78 is 0. The molecule has 0 aromatic rings. The molecular formula is C44H78N12O15. The number of carbonyl (C=O) groups excluding carboxylic acids is 9. The van der Waals surface area contributed by atoms with E-state index in [0.29, 0.717) is 25.8 Å². The second kappa shape index (κ2) is 33.9. The number of nitrogens with two attached hydrogens (primary N) is 4. The van der Waals surface area contributed by atoms with E-state index in [1.807, 2.05) is 0 Å². The number of hydrogen-bond acceptors (Lipinski definition) is 15. The Kier molecular flexibility index (Phi) is 30.8. The first-order chi connectivity index (χ1) is 33.1. The van der Waals surface area contributed by atoms with Crippen molar-refractivity contribution in [2.45, 2.75) is 167 Å². The SMILES string of the molecule is CC(C)C[C@H](NC(=O)[C@H](CCCCN)NC(=O)[C@H](CCC(=O)O)NC(=O)[C@@H](NC(=O)[C@@H](NC(=O)[C@@H](N)CCC(=O)O)C(C)C)C(C)C)C(=O)N[C@@H](CC(N)=O)C(=O)NCC(=O)N[C@@H](CCCCN)C(=O)O. The van der Waals surface area contributed by atoms with Gasteiger partial charge in [0.15, 0.2) is 0 Å². The minimum Gasteiger partial charge on any atom is -0.481 e. The average Bonchev–Trinajstić information content (AvgIpc) is 3.27. The number of carbonyl (C=O) groups is 12. The normalized spacial score (nSPS) is 14.5. The molecule has 0 heterocycles. The Morgan fingerprint density at radius 2 is 0.887 bits per heavy atom. The second-order valence-corrected chi connectivity index (χ2v) is 18.2. The van der Waals surface area contributed by atoms with E-state index >= 15 is 0 Å². The van der Waals surface area contributed by atoms with Crippen LogP contribution < -0.4 is 65.5 Å². The van der Waals surface area contributed by atoms with Crippen LogP contribution in [0.15, 0.2) is 0 Å². The van der Waals surface area contributed by atoms with Gasteiger partial charge in [0.1, 0.15) is 42.3 Å². The van der Waals surface area contributed by atoms with E-state index in [1.54, 1.807) is 41.5 Å². The Labute approximate surface area is 413 Å². The van der Waals surface area contributed by atoms with Crippen molar-refractivity contribution in [2.75, 3.05) is 19.6 Å². The van der Waals surface area contributed by atoms with Crippen molar-refractivity contribution in [3.8, 4) is 0 Å². The van der Waals surface area contributed by atoms with Crippen LogP contribution in [-0.2, 0) is 57.5 Å². The molecule has 19 N–H and O–H groups in total. The number of hydrogen-bond donors (Lipinski definition) is 15. The third kappa shape index (κ3) is 26.9. The van der Waals surface area contributed by atoms with Crippen LogP contribution >= 0.6 is 0 Å². The monoisotopic (exact) mass is 1010 g/mol. The van der Waals surface area contributed by atoms with E-state index in [9.17, 15) is 67.7 Å². The maximum absolute atomic E-state index is 14.0. The molecule has 0 saturated heterocycles. The van der Waals surface area contributed by atoms with E-state index < -0.39 is 163 Å². The van der Waals surface area contributed by atoms with Gasteiger partial charge < -0.3 is 80.8 Å². The van der Waals surface area contributed by atoms with Gasteiger partial charge >= 0.3 is 17.9 Å². The maximum Gasteiger partial charge on any atom is 0.326 e. The molecule has 0 rings (SSSR count). The van der Waals surface area contributed by atoms with Crippen LogP contribution in [0.1, 0.15) is 119 Å². The van der Waals surface area contributed by atoms with Gasteiger partial charge in [-0.2, -0.15) is 0 Å². The van der Waals surface area contributed by atoms with Gasteiger partial charge in [0.2, 0.25) is 53.2 Å². The second-order valence-electron chi connectivity index (χ2n) is 18.2. The first-order valence-corrected chi connectivity index (χ1v) is 23.6.